The van der Waals surface area contributed by atoms with E-state index in [1.807, 2.05) is 0 Å². The highest BCUT2D eigenvalue weighted by molar-refractivity contribution is 5.60. The van der Waals surface area contributed by atoms with Crippen LogP contribution in [0.1, 0.15) is 168 Å². The molecule has 0 aromatic carbocycles. The summed E-state index contributed by atoms with van der Waals surface area (Å²) in [6.07, 6.45) is 43.0. The van der Waals surface area contributed by atoms with Crippen LogP contribution in [0.2, 0.25) is 0 Å². The van der Waals surface area contributed by atoms with E-state index in [-0.39, 0.29) is 34.0 Å². The Balaban J connectivity index is 0.00000840. The lowest BCUT2D eigenvalue weighted by atomic mass is 10.0. The highest BCUT2D eigenvalue weighted by Gasteiger charge is 2.06. The Morgan fingerprint density at radius 3 is 0.786 bits per heavy atom. The van der Waals surface area contributed by atoms with E-state index in [4.69, 9.17) is 0 Å². The van der Waals surface area contributed by atoms with Crippen LogP contribution < -0.4 is 43.1 Å². The molecule has 0 saturated carbocycles. The van der Waals surface area contributed by atoms with E-state index < -0.39 is 0 Å². The number of rotatable bonds is 27. The highest BCUT2D eigenvalue weighted by Crippen LogP contribution is 2.16. The number of hydrogen-bond donors (Lipinski definition) is 0. The van der Waals surface area contributed by atoms with Gasteiger partial charge in [0.2, 0.25) is 0 Å². The number of halogens is 2. The summed E-state index contributed by atoms with van der Waals surface area (Å²) in [7, 11) is 0. The van der Waals surface area contributed by atoms with Gasteiger partial charge in [-0.15, -0.1) is 0 Å². The monoisotopic (exact) mass is 708 g/mol. The van der Waals surface area contributed by atoms with Gasteiger partial charge in [-0.3, -0.25) is 0 Å². The first-order valence-electron chi connectivity index (χ1n) is 17.8. The molecule has 0 bridgehead atoms. The van der Waals surface area contributed by atoms with Gasteiger partial charge in [-0.05, 0) is 24.0 Å². The number of aromatic nitrogens is 2. The van der Waals surface area contributed by atoms with Gasteiger partial charge in [-0.2, -0.15) is 0 Å². The molecular formula is C38H66Br2N2. The average molecular weight is 711 g/mol. The van der Waals surface area contributed by atoms with Crippen LogP contribution in [0.4, 0.5) is 0 Å². The molecule has 0 saturated heterocycles. The molecule has 2 aromatic rings. The molecular weight excluding hydrogens is 644 g/mol. The number of hydrogen-bond acceptors (Lipinski definition) is 0. The molecule has 2 heterocycles. The summed E-state index contributed by atoms with van der Waals surface area (Å²) in [6, 6.07) is 9.13. The zero-order valence-electron chi connectivity index (χ0n) is 27.7. The number of nitrogens with zero attached hydrogens (tertiary/aromatic N) is 2. The predicted molar refractivity (Wildman–Crippen MR) is 174 cm³/mol. The minimum atomic E-state index is 0. The molecule has 4 heteroatoms. The highest BCUT2D eigenvalue weighted by atomic mass is 79.9. The van der Waals surface area contributed by atoms with Crippen molar-refractivity contribution in [2.45, 2.75) is 181 Å². The molecule has 0 atom stereocenters. The Morgan fingerprint density at radius 1 is 0.333 bits per heavy atom. The maximum Gasteiger partial charge on any atom is 0.169 e. The molecule has 2 nitrogen and oxygen atoms in total. The summed E-state index contributed by atoms with van der Waals surface area (Å²) in [6.45, 7) is 6.88. The van der Waals surface area contributed by atoms with Crippen LogP contribution in [-0.4, -0.2) is 0 Å². The smallest absolute Gasteiger partial charge is 0.169 e. The molecule has 0 unspecified atom stereocenters. The molecule has 42 heavy (non-hydrogen) atoms. The lowest BCUT2D eigenvalue weighted by Crippen LogP contribution is -3.00. The quantitative estimate of drug-likeness (QED) is 0.0875. The van der Waals surface area contributed by atoms with Crippen molar-refractivity contribution in [3.63, 3.8) is 0 Å². The summed E-state index contributed by atoms with van der Waals surface area (Å²) in [4.78, 5) is 0. The van der Waals surface area contributed by atoms with Gasteiger partial charge in [-0.1, -0.05) is 142 Å². The van der Waals surface area contributed by atoms with E-state index in [9.17, 15) is 0 Å². The third-order valence-corrected chi connectivity index (χ3v) is 8.66. The summed E-state index contributed by atoms with van der Waals surface area (Å²) in [5.41, 5.74) is 2.64. The number of aryl methyl sites for hydroxylation is 2. The largest absolute Gasteiger partial charge is 1.00 e. The molecule has 0 spiro atoms. The number of unbranched alkanes of at least 4 members (excludes halogenated alkanes) is 22. The maximum absolute atomic E-state index is 2.36. The van der Waals surface area contributed by atoms with Crippen LogP contribution in [0, 0.1) is 0 Å². The summed E-state index contributed by atoms with van der Waals surface area (Å²) >= 11 is 0. The fourth-order valence-corrected chi connectivity index (χ4v) is 5.87. The van der Waals surface area contributed by atoms with E-state index in [0.717, 1.165) is 13.1 Å². The Labute approximate surface area is 283 Å². The van der Waals surface area contributed by atoms with Gasteiger partial charge in [0.05, 0.1) is 0 Å². The van der Waals surface area contributed by atoms with Crippen molar-refractivity contribution in [2.75, 3.05) is 0 Å². The summed E-state index contributed by atoms with van der Waals surface area (Å²) in [5, 5.41) is 0. The van der Waals surface area contributed by atoms with E-state index in [0.29, 0.717) is 0 Å². The van der Waals surface area contributed by atoms with Crippen LogP contribution >= 0.6 is 0 Å². The normalized spacial score (nSPS) is 10.8. The van der Waals surface area contributed by atoms with Gasteiger partial charge < -0.3 is 34.0 Å². The van der Waals surface area contributed by atoms with Gasteiger partial charge in [0.15, 0.2) is 24.8 Å². The molecule has 0 fully saturated rings. The Bertz CT molecular complexity index is 807. The Morgan fingerprint density at radius 2 is 0.548 bits per heavy atom. The minimum absolute atomic E-state index is 0. The average Bonchev–Trinajstić information content (AvgIpc) is 2.99. The topological polar surface area (TPSA) is 7.76 Å². The van der Waals surface area contributed by atoms with Crippen molar-refractivity contribution < 1.29 is 43.1 Å². The minimum Gasteiger partial charge on any atom is -1.00 e. The van der Waals surface area contributed by atoms with Gasteiger partial charge >= 0.3 is 0 Å². The van der Waals surface area contributed by atoms with Crippen molar-refractivity contribution in [1.29, 1.82) is 0 Å². The van der Waals surface area contributed by atoms with Crippen molar-refractivity contribution >= 4 is 0 Å². The molecule has 0 radical (unpaired) electrons. The van der Waals surface area contributed by atoms with E-state index in [1.54, 1.807) is 0 Å². The zero-order chi connectivity index (χ0) is 28.4. The van der Waals surface area contributed by atoms with E-state index >= 15 is 0 Å². The van der Waals surface area contributed by atoms with Crippen LogP contribution in [0.15, 0.2) is 49.1 Å². The first-order valence-corrected chi connectivity index (χ1v) is 17.8. The fourth-order valence-electron chi connectivity index (χ4n) is 5.87. The second kappa shape index (κ2) is 30.3. The molecule has 242 valence electrons. The van der Waals surface area contributed by atoms with Gasteiger partial charge in [0.1, 0.15) is 13.1 Å². The zero-order valence-corrected chi connectivity index (χ0v) is 30.8. The maximum atomic E-state index is 2.36. The third-order valence-electron chi connectivity index (χ3n) is 8.66. The molecule has 0 aliphatic carbocycles. The molecule has 2 rings (SSSR count). The first kappa shape index (κ1) is 41.3. The SMILES string of the molecule is CCCCCCCCCCCCCCCC[n+]1ccc(-c2cc[n+](CCCCCCCCCCCC)cc2)cc1.[Br-].[Br-]. The van der Waals surface area contributed by atoms with Crippen LogP contribution in [0.3, 0.4) is 0 Å². The van der Waals surface area contributed by atoms with Crippen LogP contribution in [-0.2, 0) is 13.1 Å². The van der Waals surface area contributed by atoms with Crippen LogP contribution in [0.5, 0.6) is 0 Å². The molecule has 2 aromatic heterocycles. The van der Waals surface area contributed by atoms with E-state index in [1.165, 1.54) is 165 Å². The Hall–Kier alpha value is -0.740. The molecule has 0 amide bonds. The van der Waals surface area contributed by atoms with Gasteiger partial charge in [0.25, 0.3) is 0 Å². The first-order chi connectivity index (χ1) is 19.8. The molecule has 0 N–H and O–H groups in total. The Kier molecular flexibility index (Phi) is 29.8. The summed E-state index contributed by atoms with van der Waals surface area (Å²) < 4.78 is 4.71. The standard InChI is InChI=1S/C38H66N2.2BrH/c1-3-5-7-9-11-13-15-16-17-18-20-22-24-26-32-40-35-29-38(30-36-40)37-27-33-39(34-28-37)31-25-23-21-19-14-12-10-8-6-4-2;;/h27-30,33-36H,3-26,31-32H2,1-2H3;2*1H/q+2;;/p-2. The lowest BCUT2D eigenvalue weighted by Gasteiger charge is -2.04. The van der Waals surface area contributed by atoms with Crippen LogP contribution in [0.25, 0.3) is 11.1 Å². The van der Waals surface area contributed by atoms with Crippen molar-refractivity contribution in [2.24, 2.45) is 0 Å². The van der Waals surface area contributed by atoms with Gasteiger partial charge in [-0.25, -0.2) is 9.13 Å². The van der Waals surface area contributed by atoms with E-state index in [2.05, 4.69) is 72.0 Å². The van der Waals surface area contributed by atoms with Crippen molar-refractivity contribution in [1.82, 2.24) is 0 Å². The van der Waals surface area contributed by atoms with Crippen molar-refractivity contribution in [3.05, 3.63) is 49.1 Å². The summed E-state index contributed by atoms with van der Waals surface area (Å²) in [5.74, 6) is 0. The fraction of sp³-hybridized carbons (Fsp3) is 0.737. The number of pyridine rings is 2. The second-order valence-electron chi connectivity index (χ2n) is 12.4. The third kappa shape index (κ3) is 21.9. The second-order valence-corrected chi connectivity index (χ2v) is 12.4. The van der Waals surface area contributed by atoms with Gasteiger partial charge in [0, 0.05) is 37.1 Å². The van der Waals surface area contributed by atoms with Crippen molar-refractivity contribution in [3.8, 4) is 11.1 Å². The molecule has 0 aliphatic heterocycles. The predicted octanol–water partition coefficient (Wildman–Crippen LogP) is 5.34. The lowest BCUT2D eigenvalue weighted by molar-refractivity contribution is -0.697. The molecule has 0 aliphatic rings.